The van der Waals surface area contributed by atoms with Gasteiger partial charge in [-0.3, -0.25) is 0 Å². The number of aryl methyl sites for hydroxylation is 1. The summed E-state index contributed by atoms with van der Waals surface area (Å²) >= 11 is 0. The summed E-state index contributed by atoms with van der Waals surface area (Å²) in [6, 6.07) is 6.42. The monoisotopic (exact) mass is 316 g/mol. The van der Waals surface area contributed by atoms with Gasteiger partial charge in [-0.2, -0.15) is 0 Å². The number of hydrogen-bond acceptors (Lipinski definition) is 2. The number of carbonyl (C=O) groups is 1. The lowest BCUT2D eigenvalue weighted by Crippen LogP contribution is -2.39. The van der Waals surface area contributed by atoms with Crippen LogP contribution in [0.4, 0.5) is 4.79 Å². The summed E-state index contributed by atoms with van der Waals surface area (Å²) in [6.07, 6.45) is 0. The average molecular weight is 316 g/mol. The summed E-state index contributed by atoms with van der Waals surface area (Å²) < 4.78 is 2.22. The molecule has 0 fully saturated rings. The Morgan fingerprint density at radius 1 is 1.26 bits per heavy atom. The summed E-state index contributed by atoms with van der Waals surface area (Å²) in [5.41, 5.74) is 3.25. The molecular formula is C18H28N4O. The summed E-state index contributed by atoms with van der Waals surface area (Å²) in [5.74, 6) is 1.02. The van der Waals surface area contributed by atoms with Crippen LogP contribution < -0.4 is 10.6 Å². The van der Waals surface area contributed by atoms with E-state index in [4.69, 9.17) is 0 Å². The Morgan fingerprint density at radius 3 is 2.57 bits per heavy atom. The molecule has 0 aliphatic carbocycles. The fourth-order valence-electron chi connectivity index (χ4n) is 2.62. The van der Waals surface area contributed by atoms with E-state index in [9.17, 15) is 4.79 Å². The van der Waals surface area contributed by atoms with Crippen LogP contribution in [0.2, 0.25) is 0 Å². The number of benzene rings is 1. The molecule has 126 valence electrons. The van der Waals surface area contributed by atoms with Gasteiger partial charge in [0.05, 0.1) is 11.0 Å². The first-order valence-electron chi connectivity index (χ1n) is 8.16. The van der Waals surface area contributed by atoms with Gasteiger partial charge in [-0.25, -0.2) is 9.78 Å². The smallest absolute Gasteiger partial charge is 0.315 e. The topological polar surface area (TPSA) is 59.0 Å². The molecule has 5 heteroatoms. The van der Waals surface area contributed by atoms with Crippen molar-refractivity contribution < 1.29 is 4.79 Å². The lowest BCUT2D eigenvalue weighted by Gasteiger charge is -2.18. The van der Waals surface area contributed by atoms with Crippen LogP contribution in [0.5, 0.6) is 0 Å². The molecule has 1 aromatic carbocycles. The third-order valence-corrected chi connectivity index (χ3v) is 3.68. The maximum Gasteiger partial charge on any atom is 0.315 e. The summed E-state index contributed by atoms with van der Waals surface area (Å²) in [6.45, 7) is 13.8. The van der Waals surface area contributed by atoms with Crippen LogP contribution in [0, 0.1) is 12.3 Å². The SMILES string of the molecule is Cc1nc2cc(CNC(=O)NCC(C)(C)C)ccc2n1C(C)C. The van der Waals surface area contributed by atoms with Crippen molar-refractivity contribution in [3.8, 4) is 0 Å². The van der Waals surface area contributed by atoms with Gasteiger partial charge in [0.25, 0.3) is 0 Å². The number of carbonyl (C=O) groups excluding carboxylic acids is 1. The minimum absolute atomic E-state index is 0.0808. The first-order chi connectivity index (χ1) is 10.7. The Balaban J connectivity index is 2.03. The van der Waals surface area contributed by atoms with Crippen LogP contribution in [0.15, 0.2) is 18.2 Å². The van der Waals surface area contributed by atoms with Gasteiger partial charge in [-0.1, -0.05) is 26.8 Å². The number of aromatic nitrogens is 2. The van der Waals surface area contributed by atoms with Gasteiger partial charge in [0.15, 0.2) is 0 Å². The number of hydrogen-bond donors (Lipinski definition) is 2. The van der Waals surface area contributed by atoms with E-state index in [1.54, 1.807) is 0 Å². The second-order valence-electron chi connectivity index (χ2n) is 7.54. The number of imidazole rings is 1. The molecule has 2 aromatic rings. The first kappa shape index (κ1) is 17.3. The van der Waals surface area contributed by atoms with Crippen molar-refractivity contribution in [3.05, 3.63) is 29.6 Å². The third-order valence-electron chi connectivity index (χ3n) is 3.68. The van der Waals surface area contributed by atoms with E-state index >= 15 is 0 Å². The highest BCUT2D eigenvalue weighted by molar-refractivity contribution is 5.77. The van der Waals surface area contributed by atoms with Crippen LogP contribution in [-0.2, 0) is 6.54 Å². The number of fused-ring (bicyclic) bond motifs is 1. The minimum atomic E-state index is -0.135. The lowest BCUT2D eigenvalue weighted by molar-refractivity contribution is 0.235. The zero-order valence-electron chi connectivity index (χ0n) is 15.0. The molecule has 0 saturated carbocycles. The second-order valence-corrected chi connectivity index (χ2v) is 7.54. The van der Waals surface area contributed by atoms with Gasteiger partial charge in [-0.15, -0.1) is 0 Å². The molecule has 0 atom stereocenters. The molecule has 0 aliphatic heterocycles. The highest BCUT2D eigenvalue weighted by Crippen LogP contribution is 2.21. The molecule has 1 aromatic heterocycles. The van der Waals surface area contributed by atoms with Crippen LogP contribution in [0.3, 0.4) is 0 Å². The van der Waals surface area contributed by atoms with Gasteiger partial charge in [0, 0.05) is 19.1 Å². The van der Waals surface area contributed by atoms with Gasteiger partial charge in [0.1, 0.15) is 5.82 Å². The summed E-state index contributed by atoms with van der Waals surface area (Å²) in [7, 11) is 0. The molecule has 2 N–H and O–H groups in total. The Kier molecular flexibility index (Phi) is 4.97. The zero-order valence-corrected chi connectivity index (χ0v) is 15.0. The van der Waals surface area contributed by atoms with Gasteiger partial charge in [-0.05, 0) is 43.9 Å². The van der Waals surface area contributed by atoms with Gasteiger partial charge < -0.3 is 15.2 Å². The maximum absolute atomic E-state index is 11.8. The number of amides is 2. The van der Waals surface area contributed by atoms with E-state index in [2.05, 4.69) is 60.9 Å². The Hall–Kier alpha value is -2.04. The number of rotatable bonds is 4. The van der Waals surface area contributed by atoms with Crippen molar-refractivity contribution >= 4 is 17.1 Å². The second kappa shape index (κ2) is 6.60. The van der Waals surface area contributed by atoms with E-state index in [-0.39, 0.29) is 11.4 Å². The number of urea groups is 1. The van der Waals surface area contributed by atoms with Crippen LogP contribution in [0.25, 0.3) is 11.0 Å². The predicted octanol–water partition coefficient (Wildman–Crippen LogP) is 3.77. The third kappa shape index (κ3) is 4.47. The molecule has 23 heavy (non-hydrogen) atoms. The molecule has 2 amide bonds. The van der Waals surface area contributed by atoms with E-state index in [0.29, 0.717) is 19.1 Å². The largest absolute Gasteiger partial charge is 0.338 e. The van der Waals surface area contributed by atoms with Gasteiger partial charge >= 0.3 is 6.03 Å². The quantitative estimate of drug-likeness (QED) is 0.902. The van der Waals surface area contributed by atoms with Gasteiger partial charge in [0.2, 0.25) is 0 Å². The van der Waals surface area contributed by atoms with Crippen molar-refractivity contribution in [3.63, 3.8) is 0 Å². The van der Waals surface area contributed by atoms with Crippen molar-refractivity contribution in [1.82, 2.24) is 20.2 Å². The lowest BCUT2D eigenvalue weighted by atomic mass is 9.97. The molecule has 5 nitrogen and oxygen atoms in total. The number of nitrogens with one attached hydrogen (secondary N) is 2. The summed E-state index contributed by atoms with van der Waals surface area (Å²) in [4.78, 5) is 16.5. The molecule has 0 aliphatic rings. The summed E-state index contributed by atoms with van der Waals surface area (Å²) in [5, 5.41) is 5.78. The minimum Gasteiger partial charge on any atom is -0.338 e. The van der Waals surface area contributed by atoms with Crippen LogP contribution in [-0.4, -0.2) is 22.1 Å². The van der Waals surface area contributed by atoms with E-state index < -0.39 is 0 Å². The van der Waals surface area contributed by atoms with Crippen molar-refractivity contribution in [1.29, 1.82) is 0 Å². The standard InChI is InChI=1S/C18H28N4O/c1-12(2)22-13(3)21-15-9-14(7-8-16(15)22)10-19-17(23)20-11-18(4,5)6/h7-9,12H,10-11H2,1-6H3,(H2,19,20,23). The van der Waals surface area contributed by atoms with Crippen molar-refractivity contribution in [2.45, 2.75) is 54.1 Å². The van der Waals surface area contributed by atoms with E-state index in [1.165, 1.54) is 0 Å². The Labute approximate surface area is 138 Å². The molecule has 0 bridgehead atoms. The highest BCUT2D eigenvalue weighted by atomic mass is 16.2. The zero-order chi connectivity index (χ0) is 17.2. The van der Waals surface area contributed by atoms with Crippen molar-refractivity contribution in [2.24, 2.45) is 5.41 Å². The Morgan fingerprint density at radius 2 is 1.96 bits per heavy atom. The first-order valence-corrected chi connectivity index (χ1v) is 8.16. The molecule has 0 unspecified atom stereocenters. The molecule has 1 heterocycles. The molecule has 2 rings (SSSR count). The fourth-order valence-corrected chi connectivity index (χ4v) is 2.62. The predicted molar refractivity (Wildman–Crippen MR) is 94.5 cm³/mol. The van der Waals surface area contributed by atoms with E-state index in [0.717, 1.165) is 22.4 Å². The van der Waals surface area contributed by atoms with Crippen LogP contribution >= 0.6 is 0 Å². The van der Waals surface area contributed by atoms with Crippen molar-refractivity contribution in [2.75, 3.05) is 6.54 Å². The Bertz CT molecular complexity index is 695. The van der Waals surface area contributed by atoms with E-state index in [1.807, 2.05) is 19.1 Å². The highest BCUT2D eigenvalue weighted by Gasteiger charge is 2.12. The normalized spacial score (nSPS) is 12.0. The number of nitrogens with zero attached hydrogens (tertiary/aromatic N) is 2. The maximum atomic E-state index is 11.8. The molecule has 0 spiro atoms. The molecular weight excluding hydrogens is 288 g/mol. The fraction of sp³-hybridized carbons (Fsp3) is 0.556. The molecule has 0 radical (unpaired) electrons. The average Bonchev–Trinajstić information content (AvgIpc) is 2.77. The van der Waals surface area contributed by atoms with Crippen LogP contribution in [0.1, 0.15) is 52.0 Å². The molecule has 0 saturated heterocycles.